The number of nitrogens with zero attached hydrogens (tertiary/aromatic N) is 2. The van der Waals surface area contributed by atoms with Crippen LogP contribution in [0.1, 0.15) is 36.2 Å². The maximum atomic E-state index is 12.4. The normalized spacial score (nSPS) is 19.9. The number of amides is 3. The largest absolute Gasteiger partial charge is 0.459 e. The van der Waals surface area contributed by atoms with E-state index in [2.05, 4.69) is 5.32 Å². The SMILES string of the molecule is COCC1CCN(C(=O)NC2CCN(C(=O)c3ccco3)CC2)CC1. The molecule has 0 bridgehead atoms. The topological polar surface area (TPSA) is 75.0 Å². The lowest BCUT2D eigenvalue weighted by Crippen LogP contribution is -2.51. The van der Waals surface area contributed by atoms with Crippen LogP contribution in [0, 0.1) is 5.92 Å². The Morgan fingerprint density at radius 1 is 1.16 bits per heavy atom. The van der Waals surface area contributed by atoms with Gasteiger partial charge in [-0.25, -0.2) is 4.79 Å². The zero-order chi connectivity index (χ0) is 17.6. The highest BCUT2D eigenvalue weighted by Gasteiger charge is 2.28. The third-order valence-corrected chi connectivity index (χ3v) is 5.15. The molecule has 1 N–H and O–H groups in total. The van der Waals surface area contributed by atoms with Crippen molar-refractivity contribution in [3.05, 3.63) is 24.2 Å². The quantitative estimate of drug-likeness (QED) is 0.902. The van der Waals surface area contributed by atoms with Gasteiger partial charge in [0.05, 0.1) is 6.26 Å². The fourth-order valence-corrected chi connectivity index (χ4v) is 3.59. The van der Waals surface area contributed by atoms with E-state index in [-0.39, 0.29) is 18.0 Å². The molecule has 0 spiro atoms. The Kier molecular flexibility index (Phi) is 5.96. The average molecular weight is 349 g/mol. The number of ether oxygens (including phenoxy) is 1. The van der Waals surface area contributed by atoms with Crippen molar-refractivity contribution in [2.75, 3.05) is 39.9 Å². The molecule has 3 amide bonds. The van der Waals surface area contributed by atoms with Gasteiger partial charge in [-0.05, 0) is 43.7 Å². The van der Waals surface area contributed by atoms with Crippen LogP contribution < -0.4 is 5.32 Å². The first-order chi connectivity index (χ1) is 12.2. The van der Waals surface area contributed by atoms with Crippen molar-refractivity contribution in [2.45, 2.75) is 31.7 Å². The van der Waals surface area contributed by atoms with Gasteiger partial charge in [-0.1, -0.05) is 0 Å². The first-order valence-corrected chi connectivity index (χ1v) is 9.04. The number of hydrogen-bond donors (Lipinski definition) is 1. The van der Waals surface area contributed by atoms with Crippen molar-refractivity contribution >= 4 is 11.9 Å². The van der Waals surface area contributed by atoms with Crippen LogP contribution >= 0.6 is 0 Å². The standard InChI is InChI=1S/C18H27N3O4/c1-24-13-14-4-8-21(9-5-14)18(23)19-15-6-10-20(11-7-15)17(22)16-3-2-12-25-16/h2-3,12,14-15H,4-11,13H2,1H3,(H,19,23). The summed E-state index contributed by atoms with van der Waals surface area (Å²) in [7, 11) is 1.72. The van der Waals surface area contributed by atoms with Crippen molar-refractivity contribution in [2.24, 2.45) is 5.92 Å². The zero-order valence-electron chi connectivity index (χ0n) is 14.8. The minimum Gasteiger partial charge on any atom is -0.459 e. The molecule has 1 aromatic rings. The summed E-state index contributed by atoms with van der Waals surface area (Å²) in [6.07, 6.45) is 5.06. The number of rotatable bonds is 4. The number of methoxy groups -OCH3 is 1. The second-order valence-corrected chi connectivity index (χ2v) is 6.88. The number of hydrogen-bond acceptors (Lipinski definition) is 4. The highest BCUT2D eigenvalue weighted by atomic mass is 16.5. The van der Waals surface area contributed by atoms with Crippen molar-refractivity contribution < 1.29 is 18.7 Å². The van der Waals surface area contributed by atoms with E-state index in [4.69, 9.17) is 9.15 Å². The number of piperidine rings is 2. The van der Waals surface area contributed by atoms with Gasteiger partial charge in [-0.2, -0.15) is 0 Å². The number of carbonyl (C=O) groups excluding carboxylic acids is 2. The first kappa shape index (κ1) is 17.8. The fourth-order valence-electron chi connectivity index (χ4n) is 3.59. The average Bonchev–Trinajstić information content (AvgIpc) is 3.17. The Morgan fingerprint density at radius 2 is 1.84 bits per heavy atom. The Morgan fingerprint density at radius 3 is 2.44 bits per heavy atom. The maximum Gasteiger partial charge on any atom is 0.317 e. The molecule has 2 fully saturated rings. The highest BCUT2D eigenvalue weighted by molar-refractivity contribution is 5.91. The first-order valence-electron chi connectivity index (χ1n) is 9.04. The highest BCUT2D eigenvalue weighted by Crippen LogP contribution is 2.18. The molecule has 7 heteroatoms. The molecule has 0 aliphatic carbocycles. The lowest BCUT2D eigenvalue weighted by atomic mass is 9.98. The van der Waals surface area contributed by atoms with Gasteiger partial charge in [0, 0.05) is 45.9 Å². The monoisotopic (exact) mass is 349 g/mol. The molecular formula is C18H27N3O4. The lowest BCUT2D eigenvalue weighted by Gasteiger charge is -2.35. The van der Waals surface area contributed by atoms with Crippen LogP contribution in [0.25, 0.3) is 0 Å². The molecule has 0 saturated carbocycles. The van der Waals surface area contributed by atoms with E-state index in [1.807, 2.05) is 4.90 Å². The minimum absolute atomic E-state index is 0.0201. The molecule has 2 saturated heterocycles. The molecule has 3 rings (SSSR count). The summed E-state index contributed by atoms with van der Waals surface area (Å²) < 4.78 is 10.4. The summed E-state index contributed by atoms with van der Waals surface area (Å²) in [6, 6.07) is 3.55. The molecule has 3 heterocycles. The molecular weight excluding hydrogens is 322 g/mol. The number of furan rings is 1. The molecule has 0 aromatic carbocycles. The Hall–Kier alpha value is -2.02. The summed E-state index contributed by atoms with van der Waals surface area (Å²) in [5.41, 5.74) is 0. The number of likely N-dealkylation sites (tertiary alicyclic amines) is 2. The van der Waals surface area contributed by atoms with Gasteiger partial charge in [0.25, 0.3) is 5.91 Å². The van der Waals surface area contributed by atoms with E-state index in [0.717, 1.165) is 45.4 Å². The van der Waals surface area contributed by atoms with Gasteiger partial charge in [0.1, 0.15) is 0 Å². The van der Waals surface area contributed by atoms with E-state index < -0.39 is 0 Å². The number of urea groups is 1. The summed E-state index contributed by atoms with van der Waals surface area (Å²) in [5.74, 6) is 0.862. The lowest BCUT2D eigenvalue weighted by molar-refractivity contribution is 0.0672. The zero-order valence-corrected chi connectivity index (χ0v) is 14.8. The smallest absolute Gasteiger partial charge is 0.317 e. The van der Waals surface area contributed by atoms with Crippen LogP contribution in [0.5, 0.6) is 0 Å². The van der Waals surface area contributed by atoms with E-state index in [0.29, 0.717) is 24.8 Å². The summed E-state index contributed by atoms with van der Waals surface area (Å²) in [4.78, 5) is 28.4. The molecule has 0 unspecified atom stereocenters. The summed E-state index contributed by atoms with van der Waals surface area (Å²) in [6.45, 7) is 3.63. The van der Waals surface area contributed by atoms with Crippen LogP contribution in [0.3, 0.4) is 0 Å². The molecule has 2 aliphatic rings. The second kappa shape index (κ2) is 8.38. The van der Waals surface area contributed by atoms with Crippen LogP contribution in [-0.2, 0) is 4.74 Å². The van der Waals surface area contributed by atoms with Gasteiger partial charge >= 0.3 is 6.03 Å². The third-order valence-electron chi connectivity index (χ3n) is 5.15. The fraction of sp³-hybridized carbons (Fsp3) is 0.667. The minimum atomic E-state index is -0.0741. The van der Waals surface area contributed by atoms with Gasteiger partial charge in [0.15, 0.2) is 5.76 Å². The molecule has 2 aliphatic heterocycles. The van der Waals surface area contributed by atoms with Gasteiger partial charge < -0.3 is 24.3 Å². The maximum absolute atomic E-state index is 12.4. The molecule has 25 heavy (non-hydrogen) atoms. The predicted molar refractivity (Wildman–Crippen MR) is 92.3 cm³/mol. The molecule has 0 atom stereocenters. The second-order valence-electron chi connectivity index (χ2n) is 6.88. The van der Waals surface area contributed by atoms with Crippen molar-refractivity contribution in [1.29, 1.82) is 0 Å². The van der Waals surface area contributed by atoms with Gasteiger partial charge in [-0.3, -0.25) is 4.79 Å². The molecule has 138 valence electrons. The van der Waals surface area contributed by atoms with Crippen molar-refractivity contribution in [3.63, 3.8) is 0 Å². The van der Waals surface area contributed by atoms with Gasteiger partial charge in [-0.15, -0.1) is 0 Å². The molecule has 1 aromatic heterocycles. The van der Waals surface area contributed by atoms with Crippen molar-refractivity contribution in [3.8, 4) is 0 Å². The summed E-state index contributed by atoms with van der Waals surface area (Å²) >= 11 is 0. The molecule has 0 radical (unpaired) electrons. The van der Waals surface area contributed by atoms with Crippen LogP contribution in [-0.4, -0.2) is 67.7 Å². The van der Waals surface area contributed by atoms with E-state index in [1.165, 1.54) is 6.26 Å². The van der Waals surface area contributed by atoms with Crippen molar-refractivity contribution in [1.82, 2.24) is 15.1 Å². The Balaban J connectivity index is 1.40. The van der Waals surface area contributed by atoms with E-state index in [9.17, 15) is 9.59 Å². The van der Waals surface area contributed by atoms with E-state index in [1.54, 1.807) is 24.1 Å². The van der Waals surface area contributed by atoms with E-state index >= 15 is 0 Å². The van der Waals surface area contributed by atoms with Crippen LogP contribution in [0.4, 0.5) is 4.79 Å². The Bertz CT molecular complexity index is 559. The number of carbonyl (C=O) groups is 2. The molecule has 7 nitrogen and oxygen atoms in total. The number of nitrogens with one attached hydrogen (secondary N) is 1. The van der Waals surface area contributed by atoms with Gasteiger partial charge in [0.2, 0.25) is 0 Å². The van der Waals surface area contributed by atoms with Crippen LogP contribution in [0.15, 0.2) is 22.8 Å². The predicted octanol–water partition coefficient (Wildman–Crippen LogP) is 1.95. The summed E-state index contributed by atoms with van der Waals surface area (Å²) in [5, 5.41) is 3.12. The Labute approximate surface area is 148 Å². The third kappa shape index (κ3) is 4.54. The van der Waals surface area contributed by atoms with Crippen LogP contribution in [0.2, 0.25) is 0 Å².